The van der Waals surface area contributed by atoms with E-state index < -0.39 is 0 Å². The fraction of sp³-hybridized carbons (Fsp3) is 0.562. The van der Waals surface area contributed by atoms with E-state index >= 15 is 0 Å². The maximum Gasteiger partial charge on any atom is 0.238 e. The molecule has 0 spiro atoms. The Morgan fingerprint density at radius 3 is 2.71 bits per heavy atom. The van der Waals surface area contributed by atoms with Crippen LogP contribution in [0.25, 0.3) is 0 Å². The zero-order valence-electron chi connectivity index (χ0n) is 12.4. The fourth-order valence-electron chi connectivity index (χ4n) is 2.76. The summed E-state index contributed by atoms with van der Waals surface area (Å²) in [4.78, 5) is 11.9. The van der Waals surface area contributed by atoms with Crippen molar-refractivity contribution in [2.24, 2.45) is 5.41 Å². The van der Waals surface area contributed by atoms with Crippen LogP contribution in [-0.2, 0) is 4.79 Å². The molecule has 1 saturated carbocycles. The molecule has 1 aromatic rings. The van der Waals surface area contributed by atoms with Crippen molar-refractivity contribution < 1.29 is 14.3 Å². The average Bonchev–Trinajstić information content (AvgIpc) is 2.45. The van der Waals surface area contributed by atoms with Gasteiger partial charge in [-0.25, -0.2) is 0 Å². The maximum atomic E-state index is 11.9. The van der Waals surface area contributed by atoms with E-state index in [1.54, 1.807) is 6.07 Å². The predicted octanol–water partition coefficient (Wildman–Crippen LogP) is 2.18. The maximum absolute atomic E-state index is 11.9. The van der Waals surface area contributed by atoms with Crippen LogP contribution in [0.5, 0.6) is 11.5 Å². The van der Waals surface area contributed by atoms with E-state index in [-0.39, 0.29) is 5.91 Å². The Morgan fingerprint density at radius 1 is 1.24 bits per heavy atom. The number of rotatable bonds is 5. The van der Waals surface area contributed by atoms with Gasteiger partial charge >= 0.3 is 0 Å². The van der Waals surface area contributed by atoms with E-state index in [0.717, 1.165) is 18.0 Å². The number of carbonyl (C=O) groups is 1. The molecule has 0 atom stereocenters. The van der Waals surface area contributed by atoms with Crippen LogP contribution < -0.4 is 20.1 Å². The van der Waals surface area contributed by atoms with Crippen molar-refractivity contribution in [2.45, 2.75) is 26.2 Å². The molecule has 1 aromatic carbocycles. The van der Waals surface area contributed by atoms with Gasteiger partial charge in [0.2, 0.25) is 5.91 Å². The number of hydrogen-bond acceptors (Lipinski definition) is 4. The summed E-state index contributed by atoms with van der Waals surface area (Å²) in [5.41, 5.74) is 1.12. The summed E-state index contributed by atoms with van der Waals surface area (Å²) < 4.78 is 11.0. The van der Waals surface area contributed by atoms with Crippen LogP contribution in [0.2, 0.25) is 0 Å². The predicted molar refractivity (Wildman–Crippen MR) is 80.9 cm³/mol. The van der Waals surface area contributed by atoms with Gasteiger partial charge in [-0.05, 0) is 30.4 Å². The lowest BCUT2D eigenvalue weighted by molar-refractivity contribution is -0.115. The summed E-state index contributed by atoms with van der Waals surface area (Å²) in [6.07, 6.45) is 3.81. The number of amides is 1. The van der Waals surface area contributed by atoms with Crippen molar-refractivity contribution in [1.29, 1.82) is 0 Å². The Morgan fingerprint density at radius 2 is 2.00 bits per heavy atom. The summed E-state index contributed by atoms with van der Waals surface area (Å²) in [5.74, 6) is 1.39. The van der Waals surface area contributed by atoms with Gasteiger partial charge in [-0.3, -0.25) is 4.79 Å². The molecule has 1 fully saturated rings. The first-order chi connectivity index (χ1) is 10.1. The van der Waals surface area contributed by atoms with Crippen molar-refractivity contribution >= 4 is 11.6 Å². The largest absolute Gasteiger partial charge is 0.486 e. The molecule has 0 aromatic heterocycles. The first-order valence-electron chi connectivity index (χ1n) is 7.55. The Bertz CT molecular complexity index is 526. The minimum Gasteiger partial charge on any atom is -0.486 e. The highest BCUT2D eigenvalue weighted by atomic mass is 16.6. The van der Waals surface area contributed by atoms with Crippen molar-refractivity contribution in [1.82, 2.24) is 5.32 Å². The molecule has 0 radical (unpaired) electrons. The Kier molecular flexibility index (Phi) is 4.01. The zero-order valence-corrected chi connectivity index (χ0v) is 12.4. The van der Waals surface area contributed by atoms with Gasteiger partial charge in [0.15, 0.2) is 11.5 Å². The zero-order chi connectivity index (χ0) is 14.7. The van der Waals surface area contributed by atoms with Crippen LogP contribution in [0.4, 0.5) is 5.69 Å². The molecule has 1 heterocycles. The molecular formula is C16H22N2O3. The van der Waals surface area contributed by atoms with Gasteiger partial charge < -0.3 is 20.1 Å². The summed E-state index contributed by atoms with van der Waals surface area (Å²) in [6, 6.07) is 5.46. The molecule has 1 amide bonds. The molecule has 0 unspecified atom stereocenters. The number of benzene rings is 1. The van der Waals surface area contributed by atoms with Crippen molar-refractivity contribution in [3.63, 3.8) is 0 Å². The van der Waals surface area contributed by atoms with E-state index in [1.807, 2.05) is 12.1 Å². The second kappa shape index (κ2) is 5.93. The second-order valence-electron chi connectivity index (χ2n) is 6.17. The van der Waals surface area contributed by atoms with Gasteiger partial charge in [0.1, 0.15) is 13.2 Å². The number of carbonyl (C=O) groups excluding carboxylic acids is 1. The third-order valence-corrected chi connectivity index (χ3v) is 4.22. The van der Waals surface area contributed by atoms with Crippen LogP contribution in [0.3, 0.4) is 0 Å². The molecule has 0 saturated heterocycles. The normalized spacial score (nSPS) is 18.7. The van der Waals surface area contributed by atoms with E-state index in [2.05, 4.69) is 17.6 Å². The van der Waals surface area contributed by atoms with Crippen molar-refractivity contribution in [3.8, 4) is 11.5 Å². The second-order valence-corrected chi connectivity index (χ2v) is 6.17. The Labute approximate surface area is 125 Å². The lowest BCUT2D eigenvalue weighted by Crippen LogP contribution is -2.40. The van der Waals surface area contributed by atoms with E-state index in [0.29, 0.717) is 30.9 Å². The van der Waals surface area contributed by atoms with E-state index in [4.69, 9.17) is 9.47 Å². The molecule has 2 N–H and O–H groups in total. The van der Waals surface area contributed by atoms with Crippen LogP contribution in [0.1, 0.15) is 26.2 Å². The third-order valence-electron chi connectivity index (χ3n) is 4.22. The summed E-state index contributed by atoms with van der Waals surface area (Å²) >= 11 is 0. The molecule has 21 heavy (non-hydrogen) atoms. The first-order valence-corrected chi connectivity index (χ1v) is 7.55. The SMILES string of the molecule is CC1(CNCC(=O)Nc2ccc3c(c2)OCCO3)CCC1. The number of fused-ring (bicyclic) bond motifs is 1. The summed E-state index contributed by atoms with van der Waals surface area (Å²) in [7, 11) is 0. The molecule has 3 rings (SSSR count). The van der Waals surface area contributed by atoms with Gasteiger partial charge in [0.25, 0.3) is 0 Å². The van der Waals surface area contributed by atoms with Crippen LogP contribution in [0.15, 0.2) is 18.2 Å². The average molecular weight is 290 g/mol. The number of anilines is 1. The topological polar surface area (TPSA) is 59.6 Å². The van der Waals surface area contributed by atoms with Crippen LogP contribution >= 0.6 is 0 Å². The molecule has 1 aliphatic carbocycles. The first kappa shape index (κ1) is 14.2. The highest BCUT2D eigenvalue weighted by Gasteiger charge is 2.31. The number of nitrogens with one attached hydrogen (secondary N) is 2. The van der Waals surface area contributed by atoms with Gasteiger partial charge in [0.05, 0.1) is 6.54 Å². The minimum absolute atomic E-state index is 0.0328. The summed E-state index contributed by atoms with van der Waals surface area (Å²) in [5, 5.41) is 6.12. The van der Waals surface area contributed by atoms with Gasteiger partial charge in [-0.1, -0.05) is 13.3 Å². The molecule has 2 aliphatic rings. The van der Waals surface area contributed by atoms with E-state index in [1.165, 1.54) is 19.3 Å². The van der Waals surface area contributed by atoms with Crippen LogP contribution in [-0.4, -0.2) is 32.2 Å². The highest BCUT2D eigenvalue weighted by Crippen LogP contribution is 2.39. The number of ether oxygens (including phenoxy) is 2. The van der Waals surface area contributed by atoms with Crippen LogP contribution in [0, 0.1) is 5.41 Å². The van der Waals surface area contributed by atoms with Gasteiger partial charge in [0, 0.05) is 18.3 Å². The molecular weight excluding hydrogens is 268 g/mol. The monoisotopic (exact) mass is 290 g/mol. The minimum atomic E-state index is -0.0328. The highest BCUT2D eigenvalue weighted by molar-refractivity contribution is 5.92. The Hall–Kier alpha value is -1.75. The molecule has 1 aliphatic heterocycles. The van der Waals surface area contributed by atoms with E-state index in [9.17, 15) is 4.79 Å². The quantitative estimate of drug-likeness (QED) is 0.872. The lowest BCUT2D eigenvalue weighted by Gasteiger charge is -2.38. The summed E-state index contributed by atoms with van der Waals surface area (Å²) in [6.45, 7) is 4.62. The third kappa shape index (κ3) is 3.47. The Balaban J connectivity index is 1.48. The van der Waals surface area contributed by atoms with Gasteiger partial charge in [-0.2, -0.15) is 0 Å². The number of hydrogen-bond donors (Lipinski definition) is 2. The molecule has 5 nitrogen and oxygen atoms in total. The molecule has 5 heteroatoms. The molecule has 114 valence electrons. The van der Waals surface area contributed by atoms with Gasteiger partial charge in [-0.15, -0.1) is 0 Å². The fourth-order valence-corrected chi connectivity index (χ4v) is 2.76. The lowest BCUT2D eigenvalue weighted by atomic mass is 9.70. The van der Waals surface area contributed by atoms with Crippen molar-refractivity contribution in [3.05, 3.63) is 18.2 Å². The smallest absolute Gasteiger partial charge is 0.238 e. The molecule has 0 bridgehead atoms. The standard InChI is InChI=1S/C16H22N2O3/c1-16(5-2-6-16)11-17-10-15(19)18-12-3-4-13-14(9-12)21-8-7-20-13/h3-4,9,17H,2,5-8,10-11H2,1H3,(H,18,19). The van der Waals surface area contributed by atoms with Crippen molar-refractivity contribution in [2.75, 3.05) is 31.6 Å².